The Hall–Kier alpha value is -2.97. The van der Waals surface area contributed by atoms with Gasteiger partial charge in [-0.25, -0.2) is 13.4 Å². The lowest BCUT2D eigenvalue weighted by molar-refractivity contribution is -0.116. The van der Waals surface area contributed by atoms with E-state index in [0.717, 1.165) is 30.4 Å². The summed E-state index contributed by atoms with van der Waals surface area (Å²) >= 11 is 0. The summed E-state index contributed by atoms with van der Waals surface area (Å²) in [6, 6.07) is 14.5. The SMILES string of the molecule is Cc1ccc(S(=O)(=O)N2CCCCC2)cc1NC(=O)CCc1ncc(-c2ccccc2)o1. The number of nitrogens with one attached hydrogen (secondary N) is 1. The van der Waals surface area contributed by atoms with Crippen molar-refractivity contribution < 1.29 is 17.6 Å². The van der Waals surface area contributed by atoms with Gasteiger partial charge in [0.05, 0.1) is 11.1 Å². The summed E-state index contributed by atoms with van der Waals surface area (Å²) in [6.07, 6.45) is 4.99. The summed E-state index contributed by atoms with van der Waals surface area (Å²) in [7, 11) is -3.56. The van der Waals surface area contributed by atoms with E-state index >= 15 is 0 Å². The Morgan fingerprint density at radius 1 is 1.09 bits per heavy atom. The summed E-state index contributed by atoms with van der Waals surface area (Å²) in [5, 5.41) is 2.84. The highest BCUT2D eigenvalue weighted by molar-refractivity contribution is 7.89. The van der Waals surface area contributed by atoms with Crippen molar-refractivity contribution in [1.29, 1.82) is 0 Å². The molecule has 0 saturated carbocycles. The van der Waals surface area contributed by atoms with Gasteiger partial charge in [0.2, 0.25) is 15.9 Å². The van der Waals surface area contributed by atoms with E-state index in [0.29, 0.717) is 36.8 Å². The number of amides is 1. The fraction of sp³-hybridized carbons (Fsp3) is 0.333. The minimum absolute atomic E-state index is 0.178. The third-order valence-corrected chi connectivity index (χ3v) is 7.51. The average molecular weight is 454 g/mol. The van der Waals surface area contributed by atoms with Crippen LogP contribution in [-0.4, -0.2) is 36.7 Å². The Balaban J connectivity index is 1.40. The van der Waals surface area contributed by atoms with Crippen LogP contribution in [0.2, 0.25) is 0 Å². The number of benzene rings is 2. The lowest BCUT2D eigenvalue weighted by Crippen LogP contribution is -2.35. The maximum absolute atomic E-state index is 13.0. The first-order chi connectivity index (χ1) is 15.4. The number of hydrogen-bond donors (Lipinski definition) is 1. The number of aryl methyl sites for hydroxylation is 2. The third-order valence-electron chi connectivity index (χ3n) is 5.61. The minimum atomic E-state index is -3.56. The molecule has 1 aromatic heterocycles. The van der Waals surface area contributed by atoms with E-state index in [9.17, 15) is 13.2 Å². The molecule has 0 spiro atoms. The molecule has 0 bridgehead atoms. The zero-order chi connectivity index (χ0) is 22.6. The molecule has 2 aromatic carbocycles. The molecule has 0 atom stereocenters. The Bertz CT molecular complexity index is 1180. The molecule has 0 unspecified atom stereocenters. The quantitative estimate of drug-likeness (QED) is 0.573. The summed E-state index contributed by atoms with van der Waals surface area (Å²) in [5.41, 5.74) is 2.24. The van der Waals surface area contributed by atoms with Crippen LogP contribution in [0.4, 0.5) is 5.69 Å². The molecule has 1 amide bonds. The van der Waals surface area contributed by atoms with E-state index < -0.39 is 10.0 Å². The van der Waals surface area contributed by atoms with E-state index in [2.05, 4.69) is 10.3 Å². The number of oxazole rings is 1. The number of rotatable bonds is 7. The predicted octanol–water partition coefficient (Wildman–Crippen LogP) is 4.40. The number of piperidine rings is 1. The zero-order valence-electron chi connectivity index (χ0n) is 18.1. The van der Waals surface area contributed by atoms with Gasteiger partial charge in [0.15, 0.2) is 11.7 Å². The monoisotopic (exact) mass is 453 g/mol. The Morgan fingerprint density at radius 2 is 1.84 bits per heavy atom. The molecular formula is C24H27N3O4S. The van der Waals surface area contributed by atoms with Gasteiger partial charge in [-0.3, -0.25) is 4.79 Å². The Labute approximate surface area is 188 Å². The molecule has 1 N–H and O–H groups in total. The van der Waals surface area contributed by atoms with Crippen molar-refractivity contribution in [2.75, 3.05) is 18.4 Å². The largest absolute Gasteiger partial charge is 0.441 e. The van der Waals surface area contributed by atoms with Gasteiger partial charge >= 0.3 is 0 Å². The van der Waals surface area contributed by atoms with Gasteiger partial charge < -0.3 is 9.73 Å². The van der Waals surface area contributed by atoms with E-state index in [1.54, 1.807) is 24.4 Å². The fourth-order valence-corrected chi connectivity index (χ4v) is 5.29. The molecule has 0 radical (unpaired) electrons. The van der Waals surface area contributed by atoms with Crippen LogP contribution in [-0.2, 0) is 21.2 Å². The van der Waals surface area contributed by atoms with Gasteiger partial charge in [-0.05, 0) is 37.5 Å². The topological polar surface area (TPSA) is 92.5 Å². The first kappa shape index (κ1) is 22.2. The van der Waals surface area contributed by atoms with Crippen LogP contribution in [0.5, 0.6) is 0 Å². The molecule has 1 aliphatic heterocycles. The highest BCUT2D eigenvalue weighted by Gasteiger charge is 2.26. The number of carbonyl (C=O) groups is 1. The minimum Gasteiger partial charge on any atom is -0.441 e. The fourth-order valence-electron chi connectivity index (χ4n) is 3.75. The number of aromatic nitrogens is 1. The lowest BCUT2D eigenvalue weighted by Gasteiger charge is -2.26. The second-order valence-electron chi connectivity index (χ2n) is 7.97. The van der Waals surface area contributed by atoms with Crippen LogP contribution in [0, 0.1) is 6.92 Å². The predicted molar refractivity (Wildman–Crippen MR) is 123 cm³/mol. The van der Waals surface area contributed by atoms with Crippen LogP contribution in [0.1, 0.15) is 37.1 Å². The lowest BCUT2D eigenvalue weighted by atomic mass is 10.2. The van der Waals surface area contributed by atoms with E-state index in [1.807, 2.05) is 37.3 Å². The highest BCUT2D eigenvalue weighted by Crippen LogP contribution is 2.25. The van der Waals surface area contributed by atoms with Crippen molar-refractivity contribution in [3.8, 4) is 11.3 Å². The smallest absolute Gasteiger partial charge is 0.243 e. The van der Waals surface area contributed by atoms with Gasteiger partial charge in [0, 0.05) is 37.2 Å². The third kappa shape index (κ3) is 5.08. The number of carbonyl (C=O) groups excluding carboxylic acids is 1. The van der Waals surface area contributed by atoms with E-state index in [-0.39, 0.29) is 17.2 Å². The summed E-state index contributed by atoms with van der Waals surface area (Å²) in [5.74, 6) is 0.921. The van der Waals surface area contributed by atoms with Gasteiger partial charge in [-0.1, -0.05) is 42.8 Å². The molecule has 8 heteroatoms. The van der Waals surface area contributed by atoms with Crippen molar-refractivity contribution in [2.45, 2.75) is 43.9 Å². The van der Waals surface area contributed by atoms with Crippen molar-refractivity contribution in [1.82, 2.24) is 9.29 Å². The first-order valence-electron chi connectivity index (χ1n) is 10.8. The van der Waals surface area contributed by atoms with Crippen LogP contribution >= 0.6 is 0 Å². The maximum atomic E-state index is 13.0. The van der Waals surface area contributed by atoms with Crippen molar-refractivity contribution >= 4 is 21.6 Å². The highest BCUT2D eigenvalue weighted by atomic mass is 32.2. The van der Waals surface area contributed by atoms with Gasteiger partial charge in [-0.15, -0.1) is 0 Å². The molecule has 168 valence electrons. The summed E-state index contributed by atoms with van der Waals surface area (Å²) < 4.78 is 33.2. The van der Waals surface area contributed by atoms with Gasteiger partial charge in [0.25, 0.3) is 0 Å². The molecule has 7 nitrogen and oxygen atoms in total. The second kappa shape index (κ2) is 9.67. The molecule has 3 aromatic rings. The maximum Gasteiger partial charge on any atom is 0.243 e. The van der Waals surface area contributed by atoms with Crippen LogP contribution in [0.3, 0.4) is 0 Å². The van der Waals surface area contributed by atoms with E-state index in [1.165, 1.54) is 4.31 Å². The molecule has 2 heterocycles. The number of hydrogen-bond acceptors (Lipinski definition) is 5. The number of sulfonamides is 1. The molecule has 0 aliphatic carbocycles. The molecule has 32 heavy (non-hydrogen) atoms. The Kier molecular flexibility index (Phi) is 6.72. The van der Waals surface area contributed by atoms with Crippen molar-refractivity contribution in [3.63, 3.8) is 0 Å². The normalized spacial score (nSPS) is 14.9. The molecule has 4 rings (SSSR count). The molecule has 1 fully saturated rings. The second-order valence-corrected chi connectivity index (χ2v) is 9.91. The zero-order valence-corrected chi connectivity index (χ0v) is 18.9. The number of anilines is 1. The van der Waals surface area contributed by atoms with Crippen molar-refractivity contribution in [2.24, 2.45) is 0 Å². The molecule has 1 aliphatic rings. The van der Waals surface area contributed by atoms with Gasteiger partial charge in [0.1, 0.15) is 0 Å². The average Bonchev–Trinajstić information content (AvgIpc) is 3.29. The first-order valence-corrected chi connectivity index (χ1v) is 12.3. The molecule has 1 saturated heterocycles. The van der Waals surface area contributed by atoms with Crippen LogP contribution in [0.15, 0.2) is 64.0 Å². The van der Waals surface area contributed by atoms with Crippen LogP contribution in [0.25, 0.3) is 11.3 Å². The van der Waals surface area contributed by atoms with E-state index in [4.69, 9.17) is 4.42 Å². The summed E-state index contributed by atoms with van der Waals surface area (Å²) in [6.45, 7) is 2.92. The number of nitrogens with zero attached hydrogens (tertiary/aromatic N) is 2. The van der Waals surface area contributed by atoms with Gasteiger partial charge in [-0.2, -0.15) is 4.31 Å². The molecular weight excluding hydrogens is 426 g/mol. The standard InChI is InChI=1S/C24H27N3O4S/c1-18-10-11-20(32(29,30)27-14-6-3-7-15-27)16-21(18)26-23(28)12-13-24-25-17-22(31-24)19-8-4-2-5-9-19/h2,4-5,8-11,16-17H,3,6-7,12-15H2,1H3,(H,26,28). The Morgan fingerprint density at radius 3 is 2.59 bits per heavy atom. The van der Waals surface area contributed by atoms with Crippen LogP contribution < -0.4 is 5.32 Å². The van der Waals surface area contributed by atoms with Crippen molar-refractivity contribution in [3.05, 3.63) is 66.2 Å². The summed E-state index contributed by atoms with van der Waals surface area (Å²) in [4.78, 5) is 17.0.